The first-order valence-corrected chi connectivity index (χ1v) is 8.16. The van der Waals surface area contributed by atoms with Crippen molar-refractivity contribution < 1.29 is 4.79 Å². The average molecular weight is 294 g/mol. The minimum atomic E-state index is 0.0528. The Hall–Kier alpha value is -1.14. The predicted octanol–water partition coefficient (Wildman–Crippen LogP) is 1.75. The first-order valence-electron chi connectivity index (χ1n) is 6.93. The van der Waals surface area contributed by atoms with E-state index in [1.807, 2.05) is 11.2 Å². The van der Waals surface area contributed by atoms with Gasteiger partial charge in [-0.3, -0.25) is 4.79 Å². The van der Waals surface area contributed by atoms with Gasteiger partial charge in [0.1, 0.15) is 0 Å². The fraction of sp³-hybridized carbons (Fsp3) is 0.643. The normalized spacial score (nSPS) is 20.0. The molecule has 0 saturated carbocycles. The Labute approximate surface area is 124 Å². The minimum Gasteiger partial charge on any atom is -0.338 e. The maximum atomic E-state index is 12.5. The molecule has 2 heterocycles. The second kappa shape index (κ2) is 7.04. The molecule has 1 fully saturated rings. The van der Waals surface area contributed by atoms with Crippen LogP contribution in [-0.2, 0) is 0 Å². The number of likely N-dealkylation sites (tertiary alicyclic amines) is 1. The van der Waals surface area contributed by atoms with Gasteiger partial charge in [-0.25, -0.2) is 9.97 Å². The average Bonchev–Trinajstić information content (AvgIpc) is 2.72. The molecule has 5 nitrogen and oxygen atoms in total. The summed E-state index contributed by atoms with van der Waals surface area (Å²) in [5.41, 5.74) is 0.589. The first-order chi connectivity index (χ1) is 9.61. The van der Waals surface area contributed by atoms with Crippen molar-refractivity contribution in [1.29, 1.82) is 0 Å². The van der Waals surface area contributed by atoms with E-state index >= 15 is 0 Å². The van der Waals surface area contributed by atoms with Crippen molar-refractivity contribution >= 4 is 17.7 Å². The number of aromatic nitrogens is 2. The number of nitrogens with zero attached hydrogens (tertiary/aromatic N) is 4. The highest BCUT2D eigenvalue weighted by Gasteiger charge is 2.22. The summed E-state index contributed by atoms with van der Waals surface area (Å²) in [7, 11) is 4.22. The Morgan fingerprint density at radius 3 is 2.60 bits per heavy atom. The van der Waals surface area contributed by atoms with Crippen molar-refractivity contribution in [1.82, 2.24) is 19.8 Å². The van der Waals surface area contributed by atoms with E-state index in [1.54, 1.807) is 12.4 Å². The van der Waals surface area contributed by atoms with Crippen LogP contribution in [0, 0.1) is 0 Å². The molecule has 2 rings (SSSR count). The maximum Gasteiger partial charge on any atom is 0.256 e. The summed E-state index contributed by atoms with van der Waals surface area (Å²) < 4.78 is 0. The van der Waals surface area contributed by atoms with Gasteiger partial charge in [-0.2, -0.15) is 0 Å². The van der Waals surface area contributed by atoms with Crippen LogP contribution in [0.25, 0.3) is 0 Å². The summed E-state index contributed by atoms with van der Waals surface area (Å²) in [5.74, 6) is 0.0528. The van der Waals surface area contributed by atoms with E-state index < -0.39 is 0 Å². The summed E-state index contributed by atoms with van der Waals surface area (Å²) in [6, 6.07) is 0.572. The Morgan fingerprint density at radius 1 is 1.30 bits per heavy atom. The van der Waals surface area contributed by atoms with Crippen LogP contribution in [0.3, 0.4) is 0 Å². The van der Waals surface area contributed by atoms with Gasteiger partial charge >= 0.3 is 0 Å². The van der Waals surface area contributed by atoms with E-state index in [0.717, 1.165) is 32.4 Å². The molecule has 1 aliphatic rings. The number of amides is 1. The molecule has 1 aliphatic heterocycles. The standard InChI is InChI=1S/C14H22N4OS/c1-17(2)12-5-4-7-18(8-6-12)13(19)11-9-15-14(20-3)16-10-11/h9-10,12H,4-8H2,1-3H3/t12-/m0/s1. The number of carbonyl (C=O) groups is 1. The van der Waals surface area contributed by atoms with Crippen LogP contribution >= 0.6 is 11.8 Å². The van der Waals surface area contributed by atoms with E-state index in [4.69, 9.17) is 0 Å². The molecule has 1 aromatic rings. The summed E-state index contributed by atoms with van der Waals surface area (Å²) in [6.07, 6.45) is 8.43. The molecule has 1 saturated heterocycles. The van der Waals surface area contributed by atoms with Crippen LogP contribution in [0.5, 0.6) is 0 Å². The Bertz CT molecular complexity index is 449. The molecule has 0 aromatic carbocycles. The SMILES string of the molecule is CSc1ncc(C(=O)N2CCC[C@H](N(C)C)CC2)cn1. The number of rotatable bonds is 3. The lowest BCUT2D eigenvalue weighted by Gasteiger charge is -2.23. The number of carbonyl (C=O) groups excluding carboxylic acids is 1. The van der Waals surface area contributed by atoms with Gasteiger partial charge < -0.3 is 9.80 Å². The molecule has 20 heavy (non-hydrogen) atoms. The third-order valence-electron chi connectivity index (χ3n) is 3.77. The van der Waals surface area contributed by atoms with Crippen LogP contribution in [0.4, 0.5) is 0 Å². The van der Waals surface area contributed by atoms with Gasteiger partial charge in [0.25, 0.3) is 5.91 Å². The molecule has 0 spiro atoms. The number of thioether (sulfide) groups is 1. The van der Waals surface area contributed by atoms with Crippen LogP contribution in [0.15, 0.2) is 17.6 Å². The molecular formula is C14H22N4OS. The van der Waals surface area contributed by atoms with Gasteiger partial charge in [-0.05, 0) is 39.6 Å². The van der Waals surface area contributed by atoms with Gasteiger partial charge in [0, 0.05) is 31.5 Å². The maximum absolute atomic E-state index is 12.5. The van der Waals surface area contributed by atoms with Crippen molar-refractivity contribution in [3.05, 3.63) is 18.0 Å². The van der Waals surface area contributed by atoms with Crippen LogP contribution in [-0.4, -0.2) is 65.2 Å². The Morgan fingerprint density at radius 2 is 2.00 bits per heavy atom. The summed E-state index contributed by atoms with van der Waals surface area (Å²) in [6.45, 7) is 1.64. The zero-order valence-corrected chi connectivity index (χ0v) is 13.2. The summed E-state index contributed by atoms with van der Waals surface area (Å²) in [5, 5.41) is 0.699. The molecule has 0 N–H and O–H groups in total. The van der Waals surface area contributed by atoms with Crippen molar-refractivity contribution in [3.8, 4) is 0 Å². The molecule has 1 amide bonds. The summed E-state index contributed by atoms with van der Waals surface area (Å²) >= 11 is 1.48. The monoisotopic (exact) mass is 294 g/mol. The lowest BCUT2D eigenvalue weighted by molar-refractivity contribution is 0.0757. The van der Waals surface area contributed by atoms with Crippen molar-refractivity contribution in [2.45, 2.75) is 30.5 Å². The fourth-order valence-corrected chi connectivity index (χ4v) is 2.83. The first kappa shape index (κ1) is 15.3. The lowest BCUT2D eigenvalue weighted by Crippen LogP contribution is -2.34. The van der Waals surface area contributed by atoms with Gasteiger partial charge in [0.2, 0.25) is 0 Å². The molecule has 6 heteroatoms. The van der Waals surface area contributed by atoms with Gasteiger partial charge in [-0.15, -0.1) is 0 Å². The highest BCUT2D eigenvalue weighted by Crippen LogP contribution is 2.17. The topological polar surface area (TPSA) is 49.3 Å². The summed E-state index contributed by atoms with van der Waals surface area (Å²) in [4.78, 5) is 25.0. The molecule has 0 bridgehead atoms. The number of hydrogen-bond donors (Lipinski definition) is 0. The highest BCUT2D eigenvalue weighted by molar-refractivity contribution is 7.98. The third kappa shape index (κ3) is 3.70. The van der Waals surface area contributed by atoms with Crippen molar-refractivity contribution in [2.24, 2.45) is 0 Å². The third-order valence-corrected chi connectivity index (χ3v) is 4.35. The zero-order valence-electron chi connectivity index (χ0n) is 12.4. The molecule has 1 atom stereocenters. The predicted molar refractivity (Wildman–Crippen MR) is 81.0 cm³/mol. The fourth-order valence-electron chi connectivity index (χ4n) is 2.51. The molecule has 0 radical (unpaired) electrons. The lowest BCUT2D eigenvalue weighted by atomic mass is 10.1. The molecule has 110 valence electrons. The smallest absolute Gasteiger partial charge is 0.256 e. The van der Waals surface area contributed by atoms with Crippen LogP contribution < -0.4 is 0 Å². The second-order valence-electron chi connectivity index (χ2n) is 5.30. The Balaban J connectivity index is 2.01. The molecule has 0 aliphatic carbocycles. The number of hydrogen-bond acceptors (Lipinski definition) is 5. The van der Waals surface area contributed by atoms with E-state index in [9.17, 15) is 4.79 Å². The van der Waals surface area contributed by atoms with E-state index in [2.05, 4.69) is 29.0 Å². The van der Waals surface area contributed by atoms with E-state index in [1.165, 1.54) is 11.8 Å². The largest absolute Gasteiger partial charge is 0.338 e. The minimum absolute atomic E-state index is 0.0528. The van der Waals surface area contributed by atoms with Crippen LogP contribution in [0.2, 0.25) is 0 Å². The quantitative estimate of drug-likeness (QED) is 0.628. The van der Waals surface area contributed by atoms with Gasteiger partial charge in [0.15, 0.2) is 5.16 Å². The van der Waals surface area contributed by atoms with E-state index in [0.29, 0.717) is 16.8 Å². The van der Waals surface area contributed by atoms with Crippen LogP contribution in [0.1, 0.15) is 29.6 Å². The Kier molecular flexibility index (Phi) is 5.37. The zero-order chi connectivity index (χ0) is 14.5. The van der Waals surface area contributed by atoms with Crippen molar-refractivity contribution in [2.75, 3.05) is 33.4 Å². The van der Waals surface area contributed by atoms with E-state index in [-0.39, 0.29) is 5.91 Å². The second-order valence-corrected chi connectivity index (χ2v) is 6.07. The highest BCUT2D eigenvalue weighted by atomic mass is 32.2. The molecular weight excluding hydrogens is 272 g/mol. The van der Waals surface area contributed by atoms with Crippen molar-refractivity contribution in [3.63, 3.8) is 0 Å². The van der Waals surface area contributed by atoms with Gasteiger partial charge in [-0.1, -0.05) is 11.8 Å². The molecule has 0 unspecified atom stereocenters. The molecule has 1 aromatic heterocycles. The van der Waals surface area contributed by atoms with Gasteiger partial charge in [0.05, 0.1) is 5.56 Å².